The Morgan fingerprint density at radius 2 is 1.57 bits per heavy atom. The molecule has 0 atom stereocenters. The number of allylic oxidation sites excluding steroid dienone is 1. The van der Waals surface area contributed by atoms with E-state index in [-0.39, 0.29) is 16.8 Å². The van der Waals surface area contributed by atoms with Crippen LogP contribution in [0.2, 0.25) is 0 Å². The van der Waals surface area contributed by atoms with Crippen LogP contribution in [-0.2, 0) is 9.53 Å². The molecule has 2 aliphatic rings. The fourth-order valence-electron chi connectivity index (χ4n) is 5.52. The second-order valence-electron chi connectivity index (χ2n) is 11.5. The highest BCUT2D eigenvalue weighted by molar-refractivity contribution is 5.95. The van der Waals surface area contributed by atoms with Gasteiger partial charge in [0.05, 0.1) is 16.9 Å². The average Bonchev–Trinajstić information content (AvgIpc) is 2.92. The van der Waals surface area contributed by atoms with Gasteiger partial charge in [0.15, 0.2) is 5.94 Å². The summed E-state index contributed by atoms with van der Waals surface area (Å²) >= 11 is 0. The first-order valence-electron chi connectivity index (χ1n) is 13.8. The topological polar surface area (TPSA) is 73.3 Å². The Bertz CT molecular complexity index is 1610. The molecule has 1 saturated heterocycles. The molecule has 1 N–H and O–H groups in total. The van der Waals surface area contributed by atoms with Crippen molar-refractivity contribution in [2.24, 2.45) is 0 Å². The van der Waals surface area contributed by atoms with Gasteiger partial charge in [0.2, 0.25) is 0 Å². The number of anilines is 2. The second kappa shape index (κ2) is 11.0. The maximum Gasteiger partial charge on any atom is 0.410 e. The molecular weight excluding hydrogens is 540 g/mol. The zero-order valence-electron chi connectivity index (χ0n) is 24.3. The van der Waals surface area contributed by atoms with E-state index in [4.69, 9.17) is 4.74 Å². The summed E-state index contributed by atoms with van der Waals surface area (Å²) in [6.45, 7) is 10.8. The fourth-order valence-corrected chi connectivity index (χ4v) is 5.52. The molecule has 42 heavy (non-hydrogen) atoms. The summed E-state index contributed by atoms with van der Waals surface area (Å²) in [5.41, 5.74) is 3.14. The molecule has 3 aromatic carbocycles. The highest BCUT2D eigenvalue weighted by Gasteiger charge is 2.34. The molecule has 0 bridgehead atoms. The molecule has 2 aliphatic heterocycles. The predicted octanol–water partition coefficient (Wildman–Crippen LogP) is 6.72. The van der Waals surface area contributed by atoms with Gasteiger partial charge in [-0.1, -0.05) is 24.3 Å². The highest BCUT2D eigenvalue weighted by atomic mass is 19.1. The van der Waals surface area contributed by atoms with Crippen LogP contribution in [0.25, 0.3) is 16.8 Å². The lowest BCUT2D eigenvalue weighted by atomic mass is 9.93. The number of para-hydroxylation sites is 1. The molecule has 9 heteroatoms. The zero-order valence-corrected chi connectivity index (χ0v) is 24.3. The van der Waals surface area contributed by atoms with Crippen LogP contribution in [0.1, 0.15) is 37.5 Å². The summed E-state index contributed by atoms with van der Waals surface area (Å²) in [5.74, 6) is 0.151. The number of halogens is 2. The lowest BCUT2D eigenvalue weighted by Crippen LogP contribution is -2.49. The molecule has 0 spiro atoms. The Labute approximate surface area is 243 Å². The molecular formula is C33H33F2N3O4. The van der Waals surface area contributed by atoms with Crippen LogP contribution in [0.5, 0.6) is 5.75 Å². The number of benzene rings is 3. The summed E-state index contributed by atoms with van der Waals surface area (Å²) in [4.78, 5) is 30.4. The number of aromatic hydroxyl groups is 1. The van der Waals surface area contributed by atoms with Crippen LogP contribution in [0, 0.1) is 25.5 Å². The summed E-state index contributed by atoms with van der Waals surface area (Å²) < 4.78 is 36.3. The third-order valence-corrected chi connectivity index (χ3v) is 7.42. The summed E-state index contributed by atoms with van der Waals surface area (Å²) in [6, 6.07) is 12.3. The molecule has 218 valence electrons. The number of nitrogens with zero attached hydrogens (tertiary/aromatic N) is 3. The van der Waals surface area contributed by atoms with Crippen LogP contribution >= 0.6 is 0 Å². The standard InChI is InChI=1S/C33H33F2N3O4/c1-20-8-6-9-21(2)31(20)38-22(19-39)16-27(36-12-14-37(15-13-36)32(41)42-33(3,4)5)24-17-26(35)23(18-28(24)38)30-25(34)10-7-11-29(30)40/h6-11,16-18,40H,12-15H2,1-5H3. The number of carbonyl (C=O) groups is 1. The SMILES string of the molecule is Cc1cccc(C)c1N1C(=C=O)C=C(N2CCN(C(=O)OC(C)(C)C)CC2)c2cc(F)c(-c3c(O)cccc3F)cc21. The Kier molecular flexibility index (Phi) is 7.56. The average molecular weight is 574 g/mol. The van der Waals surface area contributed by atoms with E-state index in [1.807, 2.05) is 57.7 Å². The molecule has 0 aliphatic carbocycles. The van der Waals surface area contributed by atoms with E-state index < -0.39 is 29.1 Å². The van der Waals surface area contributed by atoms with Gasteiger partial charge < -0.3 is 19.6 Å². The fraction of sp³-hybridized carbons (Fsp3) is 0.303. The van der Waals surface area contributed by atoms with Gasteiger partial charge >= 0.3 is 6.09 Å². The first-order valence-corrected chi connectivity index (χ1v) is 13.8. The van der Waals surface area contributed by atoms with Crippen molar-refractivity contribution in [1.82, 2.24) is 9.80 Å². The molecule has 3 aromatic rings. The third kappa shape index (κ3) is 5.35. The first kappa shape index (κ1) is 28.9. The number of carbonyl (C=O) groups excluding carboxylic acids is 2. The van der Waals surface area contributed by atoms with E-state index in [9.17, 15) is 19.1 Å². The molecule has 0 saturated carbocycles. The Morgan fingerprint density at radius 1 is 0.929 bits per heavy atom. The summed E-state index contributed by atoms with van der Waals surface area (Å²) in [7, 11) is 0. The van der Waals surface area contributed by atoms with Gasteiger partial charge in [0.1, 0.15) is 28.7 Å². The number of aryl methyl sites for hydroxylation is 2. The third-order valence-electron chi connectivity index (χ3n) is 7.42. The van der Waals surface area contributed by atoms with Gasteiger partial charge in [-0.25, -0.2) is 18.4 Å². The predicted molar refractivity (Wildman–Crippen MR) is 158 cm³/mol. The van der Waals surface area contributed by atoms with E-state index in [2.05, 4.69) is 5.94 Å². The van der Waals surface area contributed by atoms with Crippen molar-refractivity contribution in [3.8, 4) is 16.9 Å². The van der Waals surface area contributed by atoms with Crippen molar-refractivity contribution in [1.29, 1.82) is 0 Å². The number of fused-ring (bicyclic) bond motifs is 1. The highest BCUT2D eigenvalue weighted by Crippen LogP contribution is 2.47. The lowest BCUT2D eigenvalue weighted by Gasteiger charge is -2.41. The van der Waals surface area contributed by atoms with E-state index in [0.29, 0.717) is 43.1 Å². The van der Waals surface area contributed by atoms with Gasteiger partial charge in [0, 0.05) is 43.0 Å². The first-order chi connectivity index (χ1) is 19.9. The van der Waals surface area contributed by atoms with E-state index in [1.165, 1.54) is 24.3 Å². The number of phenols is 1. The van der Waals surface area contributed by atoms with E-state index in [1.54, 1.807) is 15.9 Å². The molecule has 0 aromatic heterocycles. The van der Waals surface area contributed by atoms with Gasteiger partial charge in [0.25, 0.3) is 0 Å². The number of amides is 1. The maximum absolute atomic E-state index is 15.9. The van der Waals surface area contributed by atoms with Crippen molar-refractivity contribution in [3.05, 3.63) is 88.6 Å². The molecule has 5 rings (SSSR count). The number of piperazine rings is 1. The lowest BCUT2D eigenvalue weighted by molar-refractivity contribution is 0.0182. The van der Waals surface area contributed by atoms with Crippen molar-refractivity contribution >= 4 is 29.1 Å². The largest absolute Gasteiger partial charge is 0.507 e. The number of hydrogen-bond acceptors (Lipinski definition) is 6. The molecule has 1 amide bonds. The Hall–Kier alpha value is -4.62. The Morgan fingerprint density at radius 3 is 2.17 bits per heavy atom. The van der Waals surface area contributed by atoms with E-state index in [0.717, 1.165) is 22.9 Å². The van der Waals surface area contributed by atoms with Gasteiger partial charge in [-0.2, -0.15) is 0 Å². The van der Waals surface area contributed by atoms with Gasteiger partial charge in [-0.3, -0.25) is 4.90 Å². The maximum atomic E-state index is 15.9. The van der Waals surface area contributed by atoms with Crippen LogP contribution in [-0.4, -0.2) is 58.7 Å². The van der Waals surface area contributed by atoms with E-state index >= 15 is 4.39 Å². The molecule has 1 fully saturated rings. The van der Waals surface area contributed by atoms with Crippen molar-refractivity contribution in [3.63, 3.8) is 0 Å². The second-order valence-corrected chi connectivity index (χ2v) is 11.5. The molecule has 0 radical (unpaired) electrons. The van der Waals surface area contributed by atoms with Gasteiger partial charge in [-0.05, 0) is 76.1 Å². The van der Waals surface area contributed by atoms with Crippen molar-refractivity contribution in [2.45, 2.75) is 40.2 Å². The molecule has 7 nitrogen and oxygen atoms in total. The monoisotopic (exact) mass is 573 g/mol. The van der Waals surface area contributed by atoms with Crippen molar-refractivity contribution < 1.29 is 28.2 Å². The number of ether oxygens (including phenoxy) is 1. The minimum atomic E-state index is -0.775. The van der Waals surface area contributed by atoms with Gasteiger partial charge in [-0.15, -0.1) is 0 Å². The minimum Gasteiger partial charge on any atom is -0.507 e. The zero-order chi connectivity index (χ0) is 30.3. The normalized spacial score (nSPS) is 15.3. The number of rotatable bonds is 3. The quantitative estimate of drug-likeness (QED) is 0.351. The Balaban J connectivity index is 1.63. The molecule has 2 heterocycles. The minimum absolute atomic E-state index is 0.137. The summed E-state index contributed by atoms with van der Waals surface area (Å²) in [6.07, 6.45) is 1.26. The van der Waals surface area contributed by atoms with Crippen molar-refractivity contribution in [2.75, 3.05) is 31.1 Å². The van der Waals surface area contributed by atoms with Crippen LogP contribution in [0.3, 0.4) is 0 Å². The summed E-state index contributed by atoms with van der Waals surface area (Å²) in [5, 5.41) is 10.5. The smallest absolute Gasteiger partial charge is 0.410 e. The molecule has 0 unspecified atom stereocenters. The van der Waals surface area contributed by atoms with Crippen LogP contribution in [0.15, 0.2) is 60.3 Å². The number of hydrogen-bond donors (Lipinski definition) is 1. The number of phenolic OH excluding ortho intramolecular Hbond substituents is 1. The van der Waals surface area contributed by atoms with Crippen LogP contribution in [0.4, 0.5) is 25.0 Å². The van der Waals surface area contributed by atoms with Crippen LogP contribution < -0.4 is 4.90 Å².